The Morgan fingerprint density at radius 3 is 2.45 bits per heavy atom. The fourth-order valence-electron chi connectivity index (χ4n) is 2.85. The minimum atomic E-state index is -3.63. The van der Waals surface area contributed by atoms with E-state index >= 15 is 0 Å². The predicted octanol–water partition coefficient (Wildman–Crippen LogP) is 3.75. The number of amides is 2. The molecule has 0 unspecified atom stereocenters. The zero-order valence-electron chi connectivity index (χ0n) is 16.9. The molecule has 0 radical (unpaired) electrons. The summed E-state index contributed by atoms with van der Waals surface area (Å²) in [6.07, 6.45) is 0. The van der Waals surface area contributed by atoms with Crippen LogP contribution in [-0.4, -0.2) is 39.0 Å². The van der Waals surface area contributed by atoms with Crippen molar-refractivity contribution in [2.24, 2.45) is 0 Å². The fraction of sp³-hybridized carbons (Fsp3) is 0.350. The van der Waals surface area contributed by atoms with Gasteiger partial charge in [-0.05, 0) is 42.8 Å². The lowest BCUT2D eigenvalue weighted by molar-refractivity contribution is 0.249. The van der Waals surface area contributed by atoms with E-state index in [2.05, 4.69) is 10.6 Å². The van der Waals surface area contributed by atoms with Gasteiger partial charge in [0.2, 0.25) is 10.0 Å². The number of ether oxygens (including phenoxy) is 1. The third kappa shape index (κ3) is 5.45. The quantitative estimate of drug-likeness (QED) is 0.677. The van der Waals surface area contributed by atoms with Crippen LogP contribution in [0.5, 0.6) is 5.75 Å². The average molecular weight is 424 g/mol. The molecule has 2 rings (SSSR count). The van der Waals surface area contributed by atoms with E-state index in [1.54, 1.807) is 39.0 Å². The van der Waals surface area contributed by atoms with Gasteiger partial charge in [-0.1, -0.05) is 26.0 Å². The summed E-state index contributed by atoms with van der Waals surface area (Å²) in [6.45, 7) is 5.95. The molecule has 0 heterocycles. The van der Waals surface area contributed by atoms with Crippen LogP contribution in [0.3, 0.4) is 0 Å². The zero-order chi connectivity index (χ0) is 21.6. The van der Waals surface area contributed by atoms with E-state index in [1.807, 2.05) is 0 Å². The predicted molar refractivity (Wildman–Crippen MR) is 110 cm³/mol. The second kappa shape index (κ2) is 9.71. The Balaban J connectivity index is 2.10. The van der Waals surface area contributed by atoms with Crippen LogP contribution in [0.25, 0.3) is 0 Å². The van der Waals surface area contributed by atoms with E-state index in [9.17, 15) is 17.6 Å². The Hall–Kier alpha value is -2.65. The lowest BCUT2D eigenvalue weighted by atomic mass is 10.1. The van der Waals surface area contributed by atoms with Gasteiger partial charge in [-0.2, -0.15) is 4.31 Å². The Morgan fingerprint density at radius 1 is 1.17 bits per heavy atom. The molecule has 9 heteroatoms. The minimum Gasteiger partial charge on any atom is -0.494 e. The van der Waals surface area contributed by atoms with Gasteiger partial charge in [0, 0.05) is 18.8 Å². The first-order valence-electron chi connectivity index (χ1n) is 9.24. The van der Waals surface area contributed by atoms with Crippen LogP contribution in [0.1, 0.15) is 32.4 Å². The molecular formula is C20H26FN3O4S. The number of rotatable bonds is 8. The molecule has 0 aliphatic rings. The average Bonchev–Trinajstić information content (AvgIpc) is 2.68. The third-order valence-corrected chi connectivity index (χ3v) is 6.50. The van der Waals surface area contributed by atoms with Gasteiger partial charge in [-0.3, -0.25) is 0 Å². The number of anilines is 1. The van der Waals surface area contributed by atoms with Gasteiger partial charge >= 0.3 is 6.03 Å². The zero-order valence-corrected chi connectivity index (χ0v) is 17.7. The molecule has 0 aromatic heterocycles. The molecule has 2 N–H and O–H groups in total. The van der Waals surface area contributed by atoms with Crippen molar-refractivity contribution in [1.29, 1.82) is 0 Å². The Labute approximate surface area is 170 Å². The standard InChI is InChI=1S/C20H26FN3O4S/c1-5-24(6-2)29(26,27)17-9-7-8-16(13-17)23-20(25)22-14(3)15-10-11-19(28-4)18(21)12-15/h7-14H,5-6H2,1-4H3,(H2,22,23,25)/t14-/m0/s1. The highest BCUT2D eigenvalue weighted by molar-refractivity contribution is 7.89. The molecule has 7 nitrogen and oxygen atoms in total. The van der Waals surface area contributed by atoms with E-state index in [4.69, 9.17) is 4.74 Å². The van der Waals surface area contributed by atoms with Crippen molar-refractivity contribution < 1.29 is 22.3 Å². The van der Waals surface area contributed by atoms with Crippen LogP contribution < -0.4 is 15.4 Å². The third-order valence-electron chi connectivity index (χ3n) is 4.46. The number of carbonyl (C=O) groups is 1. The van der Waals surface area contributed by atoms with E-state index < -0.39 is 27.9 Å². The smallest absolute Gasteiger partial charge is 0.319 e. The molecule has 0 fully saturated rings. The number of sulfonamides is 1. The molecule has 2 amide bonds. The maximum absolute atomic E-state index is 13.9. The molecule has 0 spiro atoms. The summed E-state index contributed by atoms with van der Waals surface area (Å²) in [5.41, 5.74) is 0.903. The van der Waals surface area contributed by atoms with E-state index in [-0.39, 0.29) is 10.6 Å². The molecule has 0 saturated heterocycles. The Bertz CT molecular complexity index is 962. The first kappa shape index (κ1) is 22.6. The van der Waals surface area contributed by atoms with Crippen molar-refractivity contribution in [2.45, 2.75) is 31.7 Å². The SMILES string of the molecule is CCN(CC)S(=O)(=O)c1cccc(NC(=O)N[C@@H](C)c2ccc(OC)c(F)c2)c1. The number of nitrogens with zero attached hydrogens (tertiary/aromatic N) is 1. The molecule has 1 atom stereocenters. The summed E-state index contributed by atoms with van der Waals surface area (Å²) in [5, 5.41) is 5.31. The van der Waals surface area contributed by atoms with Crippen molar-refractivity contribution in [3.63, 3.8) is 0 Å². The highest BCUT2D eigenvalue weighted by atomic mass is 32.2. The summed E-state index contributed by atoms with van der Waals surface area (Å²) in [7, 11) is -2.25. The van der Waals surface area contributed by atoms with Gasteiger partial charge in [-0.25, -0.2) is 17.6 Å². The van der Waals surface area contributed by atoms with Crippen molar-refractivity contribution in [1.82, 2.24) is 9.62 Å². The molecular weight excluding hydrogens is 397 g/mol. The number of hydrogen-bond donors (Lipinski definition) is 2. The number of carbonyl (C=O) groups excluding carboxylic acids is 1. The summed E-state index contributed by atoms with van der Waals surface area (Å²) in [4.78, 5) is 12.4. The molecule has 29 heavy (non-hydrogen) atoms. The van der Waals surface area contributed by atoms with Crippen LogP contribution in [-0.2, 0) is 10.0 Å². The largest absolute Gasteiger partial charge is 0.494 e. The van der Waals surface area contributed by atoms with Crippen LogP contribution in [0.4, 0.5) is 14.9 Å². The van der Waals surface area contributed by atoms with Gasteiger partial charge in [0.15, 0.2) is 11.6 Å². The summed E-state index contributed by atoms with van der Waals surface area (Å²) in [6, 6.07) is 9.48. The van der Waals surface area contributed by atoms with Crippen molar-refractivity contribution in [2.75, 3.05) is 25.5 Å². The molecule has 0 aliphatic heterocycles. The van der Waals surface area contributed by atoms with E-state index in [0.717, 1.165) is 0 Å². The lowest BCUT2D eigenvalue weighted by Crippen LogP contribution is -2.32. The number of halogens is 1. The van der Waals surface area contributed by atoms with E-state index in [1.165, 1.54) is 35.7 Å². The van der Waals surface area contributed by atoms with Crippen LogP contribution in [0, 0.1) is 5.82 Å². The fourth-order valence-corrected chi connectivity index (χ4v) is 4.35. The van der Waals surface area contributed by atoms with Gasteiger partial charge < -0.3 is 15.4 Å². The molecule has 0 aliphatic carbocycles. The second-order valence-electron chi connectivity index (χ2n) is 6.33. The minimum absolute atomic E-state index is 0.101. The highest BCUT2D eigenvalue weighted by Gasteiger charge is 2.22. The first-order valence-corrected chi connectivity index (χ1v) is 10.7. The normalized spacial score (nSPS) is 12.5. The summed E-state index contributed by atoms with van der Waals surface area (Å²) < 4.78 is 45.3. The highest BCUT2D eigenvalue weighted by Crippen LogP contribution is 2.22. The maximum Gasteiger partial charge on any atom is 0.319 e. The van der Waals surface area contributed by atoms with E-state index in [0.29, 0.717) is 24.3 Å². The van der Waals surface area contributed by atoms with Crippen molar-refractivity contribution >= 4 is 21.7 Å². The molecule has 2 aromatic carbocycles. The van der Waals surface area contributed by atoms with Crippen molar-refractivity contribution in [3.05, 3.63) is 53.8 Å². The molecule has 158 valence electrons. The van der Waals surface area contributed by atoms with Crippen molar-refractivity contribution in [3.8, 4) is 5.75 Å². The number of urea groups is 1. The lowest BCUT2D eigenvalue weighted by Gasteiger charge is -2.19. The number of hydrogen-bond acceptors (Lipinski definition) is 4. The molecule has 0 saturated carbocycles. The number of methoxy groups -OCH3 is 1. The van der Waals surface area contributed by atoms with Gasteiger partial charge in [0.1, 0.15) is 0 Å². The van der Waals surface area contributed by atoms with Gasteiger partial charge in [0.25, 0.3) is 0 Å². The first-order chi connectivity index (χ1) is 13.7. The van der Waals surface area contributed by atoms with Crippen LogP contribution in [0.15, 0.2) is 47.4 Å². The Morgan fingerprint density at radius 2 is 1.86 bits per heavy atom. The second-order valence-corrected chi connectivity index (χ2v) is 8.27. The maximum atomic E-state index is 13.9. The van der Waals surface area contributed by atoms with Crippen LogP contribution in [0.2, 0.25) is 0 Å². The van der Waals surface area contributed by atoms with Gasteiger partial charge in [-0.15, -0.1) is 0 Å². The van der Waals surface area contributed by atoms with Crippen LogP contribution >= 0.6 is 0 Å². The topological polar surface area (TPSA) is 87.7 Å². The summed E-state index contributed by atoms with van der Waals surface area (Å²) >= 11 is 0. The van der Waals surface area contributed by atoms with Gasteiger partial charge in [0.05, 0.1) is 18.0 Å². The Kier molecular flexibility index (Phi) is 7.58. The number of nitrogens with one attached hydrogen (secondary N) is 2. The molecule has 2 aromatic rings. The monoisotopic (exact) mass is 423 g/mol. The summed E-state index contributed by atoms with van der Waals surface area (Å²) in [5.74, 6) is -0.398. The number of benzene rings is 2. The molecule has 0 bridgehead atoms.